The fourth-order valence-electron chi connectivity index (χ4n) is 6.13. The van der Waals surface area contributed by atoms with Gasteiger partial charge in [-0.3, -0.25) is 14.4 Å². The molecule has 2 aromatic rings. The van der Waals surface area contributed by atoms with Crippen LogP contribution in [0.3, 0.4) is 0 Å². The highest BCUT2D eigenvalue weighted by Crippen LogP contribution is 2.35. The van der Waals surface area contributed by atoms with E-state index >= 15 is 0 Å². The van der Waals surface area contributed by atoms with E-state index in [2.05, 4.69) is 41.5 Å². The van der Waals surface area contributed by atoms with E-state index in [-0.39, 0.29) is 35.6 Å². The number of piperazine rings is 1. The fraction of sp³-hybridized carbons (Fsp3) is 0.531. The first-order chi connectivity index (χ1) is 18.6. The van der Waals surface area contributed by atoms with Crippen LogP contribution in [0.4, 0.5) is 5.69 Å². The monoisotopic (exact) mass is 532 g/mol. The van der Waals surface area contributed by atoms with E-state index in [0.717, 1.165) is 31.6 Å². The van der Waals surface area contributed by atoms with Gasteiger partial charge < -0.3 is 20.4 Å². The second-order valence-electron chi connectivity index (χ2n) is 11.6. The van der Waals surface area contributed by atoms with Crippen LogP contribution in [0, 0.1) is 11.8 Å². The van der Waals surface area contributed by atoms with Crippen LogP contribution in [0.25, 0.3) is 0 Å². The lowest BCUT2D eigenvalue weighted by Crippen LogP contribution is -2.67. The molecule has 39 heavy (non-hydrogen) atoms. The Hall–Kier alpha value is -3.35. The molecule has 2 aromatic carbocycles. The SMILES string of the molecule is CCN(CC)c1ccc([C@H](C(=O)NC(C)C)N2C(=O)C(C3Cc4ccccc4C3)NC(=O)[C@H]2CC(C)C)cc1. The maximum absolute atomic E-state index is 14.4. The Morgan fingerprint density at radius 2 is 1.56 bits per heavy atom. The van der Waals surface area contributed by atoms with E-state index in [9.17, 15) is 14.4 Å². The van der Waals surface area contributed by atoms with Crippen molar-refractivity contribution in [3.63, 3.8) is 0 Å². The van der Waals surface area contributed by atoms with Crippen LogP contribution in [-0.4, -0.2) is 53.8 Å². The number of carbonyl (C=O) groups is 3. The first kappa shape index (κ1) is 28.7. The number of nitrogens with one attached hydrogen (secondary N) is 2. The van der Waals surface area contributed by atoms with Crippen LogP contribution in [-0.2, 0) is 27.2 Å². The summed E-state index contributed by atoms with van der Waals surface area (Å²) in [6.45, 7) is 13.9. The Morgan fingerprint density at radius 1 is 0.974 bits per heavy atom. The van der Waals surface area contributed by atoms with Crippen molar-refractivity contribution in [3.8, 4) is 0 Å². The molecule has 0 bridgehead atoms. The Labute approximate surface area is 233 Å². The number of hydrogen-bond donors (Lipinski definition) is 2. The average molecular weight is 533 g/mol. The molecule has 4 rings (SSSR count). The quantitative estimate of drug-likeness (QED) is 0.479. The fourth-order valence-corrected chi connectivity index (χ4v) is 6.13. The summed E-state index contributed by atoms with van der Waals surface area (Å²) in [5.74, 6) is -0.477. The standard InChI is InChI=1S/C32H44N4O3/c1-7-35(8-2)26-15-13-22(14-16-26)29(31(38)33-21(5)6)36-27(17-20(3)4)30(37)34-28(32(36)39)25-18-23-11-9-10-12-24(23)19-25/h9-16,20-21,25,27-29H,7-8,17-19H2,1-6H3,(H,33,38)(H,34,37)/t27-,28?,29-/m1/s1. The second-order valence-corrected chi connectivity index (χ2v) is 11.6. The van der Waals surface area contributed by atoms with Crippen molar-refractivity contribution in [2.45, 2.75) is 85.0 Å². The summed E-state index contributed by atoms with van der Waals surface area (Å²) in [6.07, 6.45) is 1.95. The molecule has 1 aliphatic heterocycles. The zero-order valence-electron chi connectivity index (χ0n) is 24.2. The first-order valence-electron chi connectivity index (χ1n) is 14.5. The topological polar surface area (TPSA) is 81.8 Å². The third kappa shape index (κ3) is 6.13. The van der Waals surface area contributed by atoms with Crippen LogP contribution < -0.4 is 15.5 Å². The van der Waals surface area contributed by atoms with Gasteiger partial charge in [-0.05, 0) is 87.6 Å². The van der Waals surface area contributed by atoms with Gasteiger partial charge in [-0.15, -0.1) is 0 Å². The van der Waals surface area contributed by atoms with Gasteiger partial charge in [-0.25, -0.2) is 0 Å². The van der Waals surface area contributed by atoms with Crippen LogP contribution in [0.2, 0.25) is 0 Å². The Kier molecular flexibility index (Phi) is 8.98. The predicted molar refractivity (Wildman–Crippen MR) is 155 cm³/mol. The molecule has 0 aromatic heterocycles. The highest BCUT2D eigenvalue weighted by atomic mass is 16.2. The van der Waals surface area contributed by atoms with Crippen molar-refractivity contribution in [1.29, 1.82) is 0 Å². The van der Waals surface area contributed by atoms with Gasteiger partial charge in [0.05, 0.1) is 0 Å². The summed E-state index contributed by atoms with van der Waals surface area (Å²) >= 11 is 0. The third-order valence-corrected chi connectivity index (χ3v) is 8.00. The van der Waals surface area contributed by atoms with Gasteiger partial charge in [-0.2, -0.15) is 0 Å². The lowest BCUT2D eigenvalue weighted by Gasteiger charge is -2.45. The Balaban J connectivity index is 1.75. The summed E-state index contributed by atoms with van der Waals surface area (Å²) in [5, 5.41) is 6.12. The number of anilines is 1. The van der Waals surface area contributed by atoms with Crippen molar-refractivity contribution in [1.82, 2.24) is 15.5 Å². The molecule has 1 unspecified atom stereocenters. The van der Waals surface area contributed by atoms with Gasteiger partial charge >= 0.3 is 0 Å². The van der Waals surface area contributed by atoms with Crippen LogP contribution in [0.1, 0.15) is 70.7 Å². The number of fused-ring (bicyclic) bond motifs is 1. The molecule has 3 atom stereocenters. The van der Waals surface area contributed by atoms with Crippen LogP contribution >= 0.6 is 0 Å². The van der Waals surface area contributed by atoms with Gasteiger partial charge in [0.1, 0.15) is 18.1 Å². The number of amides is 3. The summed E-state index contributed by atoms with van der Waals surface area (Å²) in [4.78, 5) is 45.8. The second kappa shape index (κ2) is 12.2. The number of carbonyl (C=O) groups excluding carboxylic acids is 3. The number of nitrogens with zero attached hydrogens (tertiary/aromatic N) is 2. The maximum atomic E-state index is 14.4. The molecule has 7 heteroatoms. The van der Waals surface area contributed by atoms with E-state index in [1.807, 2.05) is 64.1 Å². The van der Waals surface area contributed by atoms with Gasteiger partial charge in [0.15, 0.2) is 0 Å². The molecule has 1 saturated heterocycles. The van der Waals surface area contributed by atoms with Crippen molar-refractivity contribution in [2.75, 3.05) is 18.0 Å². The summed E-state index contributed by atoms with van der Waals surface area (Å²) in [6, 6.07) is 13.7. The molecule has 1 heterocycles. The van der Waals surface area contributed by atoms with E-state index in [1.165, 1.54) is 11.1 Å². The minimum atomic E-state index is -0.897. The normalized spacial score (nSPS) is 20.3. The predicted octanol–water partition coefficient (Wildman–Crippen LogP) is 4.26. The van der Waals surface area contributed by atoms with Gasteiger partial charge in [0, 0.05) is 24.8 Å². The maximum Gasteiger partial charge on any atom is 0.247 e. The molecule has 3 amide bonds. The highest BCUT2D eigenvalue weighted by Gasteiger charge is 2.49. The zero-order chi connectivity index (χ0) is 28.3. The van der Waals surface area contributed by atoms with Crippen LogP contribution in [0.15, 0.2) is 48.5 Å². The van der Waals surface area contributed by atoms with Crippen molar-refractivity contribution in [2.24, 2.45) is 11.8 Å². The number of benzene rings is 2. The molecule has 0 radical (unpaired) electrons. The molecule has 210 valence electrons. The molecular formula is C32H44N4O3. The molecule has 2 aliphatic rings. The lowest BCUT2D eigenvalue weighted by molar-refractivity contribution is -0.158. The third-order valence-electron chi connectivity index (χ3n) is 8.00. The number of hydrogen-bond acceptors (Lipinski definition) is 4. The highest BCUT2D eigenvalue weighted by molar-refractivity contribution is 6.00. The number of rotatable bonds is 10. The molecule has 1 fully saturated rings. The summed E-state index contributed by atoms with van der Waals surface area (Å²) in [5.41, 5.74) is 4.23. The first-order valence-corrected chi connectivity index (χ1v) is 14.5. The molecule has 7 nitrogen and oxygen atoms in total. The molecular weight excluding hydrogens is 488 g/mol. The van der Waals surface area contributed by atoms with Gasteiger partial charge in [0.25, 0.3) is 0 Å². The Bertz CT molecular complexity index is 1150. The molecule has 1 aliphatic carbocycles. The van der Waals surface area contributed by atoms with Gasteiger partial charge in [-0.1, -0.05) is 50.2 Å². The Morgan fingerprint density at radius 3 is 2.08 bits per heavy atom. The van der Waals surface area contributed by atoms with Crippen molar-refractivity contribution in [3.05, 3.63) is 65.2 Å². The van der Waals surface area contributed by atoms with E-state index in [1.54, 1.807) is 4.90 Å². The molecule has 0 saturated carbocycles. The summed E-state index contributed by atoms with van der Waals surface area (Å²) in [7, 11) is 0. The average Bonchev–Trinajstić information content (AvgIpc) is 3.33. The van der Waals surface area contributed by atoms with Crippen LogP contribution in [0.5, 0.6) is 0 Å². The largest absolute Gasteiger partial charge is 0.372 e. The van der Waals surface area contributed by atoms with E-state index in [0.29, 0.717) is 12.0 Å². The lowest BCUT2D eigenvalue weighted by atomic mass is 9.88. The van der Waals surface area contributed by atoms with Crippen molar-refractivity contribution < 1.29 is 14.4 Å². The minimum Gasteiger partial charge on any atom is -0.372 e. The molecule has 2 N–H and O–H groups in total. The minimum absolute atomic E-state index is 0.0415. The zero-order valence-corrected chi connectivity index (χ0v) is 24.2. The van der Waals surface area contributed by atoms with E-state index < -0.39 is 18.1 Å². The van der Waals surface area contributed by atoms with Crippen molar-refractivity contribution >= 4 is 23.4 Å². The molecule has 0 spiro atoms. The smallest absolute Gasteiger partial charge is 0.247 e. The van der Waals surface area contributed by atoms with Gasteiger partial charge in [0.2, 0.25) is 17.7 Å². The van der Waals surface area contributed by atoms with E-state index in [4.69, 9.17) is 0 Å². The summed E-state index contributed by atoms with van der Waals surface area (Å²) < 4.78 is 0.